The minimum atomic E-state index is -0.266. The van der Waals surface area contributed by atoms with Crippen molar-refractivity contribution in [1.82, 2.24) is 0 Å². The maximum atomic E-state index is 10.4. The van der Waals surface area contributed by atoms with E-state index in [4.69, 9.17) is 4.74 Å². The lowest BCUT2D eigenvalue weighted by molar-refractivity contribution is -0.135. The molecule has 0 heterocycles. The molecule has 1 atom stereocenters. The average Bonchev–Trinajstić information content (AvgIpc) is 2.02. The average molecular weight is 196 g/mol. The molecule has 0 spiro atoms. The topological polar surface area (TPSA) is 26.3 Å². The molecule has 14 heavy (non-hydrogen) atoms. The molecule has 0 aromatic carbocycles. The van der Waals surface area contributed by atoms with Crippen molar-refractivity contribution in [2.24, 2.45) is 5.92 Å². The molecular weight excluding hydrogens is 176 g/mol. The predicted molar refractivity (Wildman–Crippen MR) is 58.7 cm³/mol. The third-order valence-electron chi connectivity index (χ3n) is 1.82. The Morgan fingerprint density at radius 2 is 2.00 bits per heavy atom. The molecular formula is C12H20O2. The largest absolute Gasteiger partial charge is 0.435 e. The van der Waals surface area contributed by atoms with Gasteiger partial charge in [0.15, 0.2) is 0 Å². The summed E-state index contributed by atoms with van der Waals surface area (Å²) < 4.78 is 4.71. The molecule has 0 radical (unpaired) electrons. The molecule has 1 unspecified atom stereocenters. The molecule has 0 saturated heterocycles. The standard InChI is InChI=1S/C12H20O2/c1-10(2)6-5-7-11(3)8-9-14-12(4)13/h6,8-9,11H,5,7H2,1-4H3. The van der Waals surface area contributed by atoms with Gasteiger partial charge in [-0.05, 0) is 38.7 Å². The summed E-state index contributed by atoms with van der Waals surface area (Å²) in [5.41, 5.74) is 1.35. The molecule has 80 valence electrons. The lowest BCUT2D eigenvalue weighted by atomic mass is 10.1. The summed E-state index contributed by atoms with van der Waals surface area (Å²) in [6.07, 6.45) is 7.78. The number of hydrogen-bond donors (Lipinski definition) is 0. The second-order valence-corrected chi connectivity index (χ2v) is 3.77. The Labute approximate surface area is 86.6 Å². The van der Waals surface area contributed by atoms with Crippen LogP contribution in [-0.2, 0) is 9.53 Å². The summed E-state index contributed by atoms with van der Waals surface area (Å²) in [6, 6.07) is 0. The van der Waals surface area contributed by atoms with Crippen LogP contribution in [0.4, 0.5) is 0 Å². The maximum Gasteiger partial charge on any atom is 0.307 e. The van der Waals surface area contributed by atoms with Gasteiger partial charge >= 0.3 is 5.97 Å². The number of carbonyl (C=O) groups excluding carboxylic acids is 1. The summed E-state index contributed by atoms with van der Waals surface area (Å²) in [5, 5.41) is 0. The molecule has 2 heteroatoms. The molecule has 0 amide bonds. The van der Waals surface area contributed by atoms with Crippen LogP contribution >= 0.6 is 0 Å². The monoisotopic (exact) mass is 196 g/mol. The van der Waals surface area contributed by atoms with Crippen molar-refractivity contribution in [2.45, 2.75) is 40.5 Å². The number of rotatable bonds is 5. The highest BCUT2D eigenvalue weighted by atomic mass is 16.5. The molecule has 0 bridgehead atoms. The van der Waals surface area contributed by atoms with Crippen molar-refractivity contribution in [3.63, 3.8) is 0 Å². The normalized spacial score (nSPS) is 12.6. The van der Waals surface area contributed by atoms with E-state index in [0.717, 1.165) is 12.8 Å². The second-order valence-electron chi connectivity index (χ2n) is 3.77. The number of hydrogen-bond acceptors (Lipinski definition) is 2. The highest BCUT2D eigenvalue weighted by molar-refractivity contribution is 5.66. The van der Waals surface area contributed by atoms with Crippen LogP contribution in [0.5, 0.6) is 0 Å². The number of carbonyl (C=O) groups is 1. The van der Waals surface area contributed by atoms with Crippen molar-refractivity contribution in [2.75, 3.05) is 0 Å². The van der Waals surface area contributed by atoms with Gasteiger partial charge in [0.05, 0.1) is 6.26 Å². The Bertz CT molecular complexity index is 222. The first-order valence-electron chi connectivity index (χ1n) is 4.99. The van der Waals surface area contributed by atoms with E-state index in [2.05, 4.69) is 26.8 Å². The molecule has 0 rings (SSSR count). The van der Waals surface area contributed by atoms with E-state index < -0.39 is 0 Å². The van der Waals surface area contributed by atoms with Gasteiger partial charge in [0.25, 0.3) is 0 Å². The van der Waals surface area contributed by atoms with Crippen LogP contribution in [0, 0.1) is 5.92 Å². The minimum Gasteiger partial charge on any atom is -0.435 e. The van der Waals surface area contributed by atoms with Crippen molar-refractivity contribution >= 4 is 5.97 Å². The summed E-state index contributed by atoms with van der Waals surface area (Å²) in [6.45, 7) is 7.70. The maximum absolute atomic E-state index is 10.4. The lowest BCUT2D eigenvalue weighted by Crippen LogP contribution is -1.93. The Balaban J connectivity index is 3.64. The van der Waals surface area contributed by atoms with Crippen LogP contribution < -0.4 is 0 Å². The van der Waals surface area contributed by atoms with Gasteiger partial charge in [0.1, 0.15) is 0 Å². The van der Waals surface area contributed by atoms with Gasteiger partial charge in [-0.3, -0.25) is 4.79 Å². The molecule has 0 aromatic rings. The van der Waals surface area contributed by atoms with Gasteiger partial charge in [0.2, 0.25) is 0 Å². The van der Waals surface area contributed by atoms with Gasteiger partial charge < -0.3 is 4.74 Å². The third kappa shape index (κ3) is 9.04. The molecule has 0 aliphatic rings. The Kier molecular flexibility index (Phi) is 6.81. The molecule has 0 aromatic heterocycles. The van der Waals surface area contributed by atoms with E-state index in [1.807, 2.05) is 6.08 Å². The third-order valence-corrected chi connectivity index (χ3v) is 1.82. The van der Waals surface area contributed by atoms with Gasteiger partial charge in [-0.2, -0.15) is 0 Å². The van der Waals surface area contributed by atoms with E-state index in [9.17, 15) is 4.79 Å². The van der Waals surface area contributed by atoms with E-state index in [1.54, 1.807) is 0 Å². The van der Waals surface area contributed by atoms with Gasteiger partial charge in [-0.25, -0.2) is 0 Å². The van der Waals surface area contributed by atoms with Crippen molar-refractivity contribution in [3.8, 4) is 0 Å². The second kappa shape index (κ2) is 7.36. The molecule has 2 nitrogen and oxygen atoms in total. The summed E-state index contributed by atoms with van der Waals surface area (Å²) in [5.74, 6) is 0.183. The van der Waals surface area contributed by atoms with E-state index in [1.165, 1.54) is 18.8 Å². The molecule has 0 fully saturated rings. The first-order valence-corrected chi connectivity index (χ1v) is 4.99. The van der Waals surface area contributed by atoms with Gasteiger partial charge in [0, 0.05) is 6.92 Å². The summed E-state index contributed by atoms with van der Waals surface area (Å²) in [7, 11) is 0. The zero-order chi connectivity index (χ0) is 11.0. The zero-order valence-electron chi connectivity index (χ0n) is 9.54. The van der Waals surface area contributed by atoms with E-state index >= 15 is 0 Å². The van der Waals surface area contributed by atoms with Gasteiger partial charge in [-0.1, -0.05) is 18.6 Å². The smallest absolute Gasteiger partial charge is 0.307 e. The highest BCUT2D eigenvalue weighted by Gasteiger charge is 1.95. The Hall–Kier alpha value is -1.05. The Morgan fingerprint density at radius 1 is 1.36 bits per heavy atom. The van der Waals surface area contributed by atoms with Crippen LogP contribution in [0.25, 0.3) is 0 Å². The quantitative estimate of drug-likeness (QED) is 0.382. The van der Waals surface area contributed by atoms with E-state index in [-0.39, 0.29) is 5.97 Å². The van der Waals surface area contributed by atoms with Crippen molar-refractivity contribution in [1.29, 1.82) is 0 Å². The van der Waals surface area contributed by atoms with Crippen molar-refractivity contribution < 1.29 is 9.53 Å². The van der Waals surface area contributed by atoms with Crippen molar-refractivity contribution in [3.05, 3.63) is 24.0 Å². The fraction of sp³-hybridized carbons (Fsp3) is 0.583. The zero-order valence-corrected chi connectivity index (χ0v) is 9.54. The fourth-order valence-corrected chi connectivity index (χ4v) is 1.00. The van der Waals surface area contributed by atoms with E-state index in [0.29, 0.717) is 5.92 Å². The molecule has 0 N–H and O–H groups in total. The summed E-state index contributed by atoms with van der Waals surface area (Å²) in [4.78, 5) is 10.4. The fourth-order valence-electron chi connectivity index (χ4n) is 1.00. The minimum absolute atomic E-state index is 0.266. The van der Waals surface area contributed by atoms with Crippen LogP contribution in [0.2, 0.25) is 0 Å². The molecule has 0 aliphatic carbocycles. The van der Waals surface area contributed by atoms with Crippen LogP contribution in [0.15, 0.2) is 24.0 Å². The number of allylic oxidation sites excluding steroid dienone is 3. The van der Waals surface area contributed by atoms with Crippen LogP contribution in [0.1, 0.15) is 40.5 Å². The van der Waals surface area contributed by atoms with Gasteiger partial charge in [-0.15, -0.1) is 0 Å². The SMILES string of the molecule is CC(=O)OC=CC(C)CCC=C(C)C. The first-order chi connectivity index (χ1) is 6.52. The highest BCUT2D eigenvalue weighted by Crippen LogP contribution is 2.09. The van der Waals surface area contributed by atoms with Crippen LogP contribution in [0.3, 0.4) is 0 Å². The molecule has 0 saturated carbocycles. The number of ether oxygens (including phenoxy) is 1. The summed E-state index contributed by atoms with van der Waals surface area (Å²) >= 11 is 0. The van der Waals surface area contributed by atoms with Crippen LogP contribution in [-0.4, -0.2) is 5.97 Å². The first kappa shape index (κ1) is 12.9. The Morgan fingerprint density at radius 3 is 2.50 bits per heavy atom. The number of esters is 1. The molecule has 0 aliphatic heterocycles. The predicted octanol–water partition coefficient (Wildman–Crippen LogP) is 3.45. The lowest BCUT2D eigenvalue weighted by Gasteiger charge is -2.02.